The minimum atomic E-state index is 0.446. The molecule has 4 nitrogen and oxygen atoms in total. The van der Waals surface area contributed by atoms with Gasteiger partial charge in [-0.2, -0.15) is 0 Å². The van der Waals surface area contributed by atoms with Crippen LogP contribution in [-0.2, 0) is 0 Å². The summed E-state index contributed by atoms with van der Waals surface area (Å²) in [6, 6.07) is 1.72. The van der Waals surface area contributed by atoms with Gasteiger partial charge in [0.05, 0.1) is 6.54 Å². The second kappa shape index (κ2) is 4.90. The summed E-state index contributed by atoms with van der Waals surface area (Å²) in [4.78, 5) is 12.9. The van der Waals surface area contributed by atoms with Crippen LogP contribution in [0.25, 0.3) is 0 Å². The zero-order chi connectivity index (χ0) is 12.5. The minimum Gasteiger partial charge on any atom is -0.325 e. The molecule has 1 fully saturated rings. The van der Waals surface area contributed by atoms with Gasteiger partial charge >= 0.3 is 0 Å². The molecule has 1 N–H and O–H groups in total. The number of anilines is 1. The van der Waals surface area contributed by atoms with Crippen molar-refractivity contribution in [2.24, 2.45) is 10.9 Å². The summed E-state index contributed by atoms with van der Waals surface area (Å²) in [6.07, 6.45) is 6.68. The Kier molecular flexibility index (Phi) is 3.26. The van der Waals surface area contributed by atoms with E-state index in [1.165, 1.54) is 30.2 Å². The van der Waals surface area contributed by atoms with Gasteiger partial charge in [0, 0.05) is 6.07 Å². The van der Waals surface area contributed by atoms with Crippen LogP contribution < -0.4 is 5.32 Å². The van der Waals surface area contributed by atoms with E-state index >= 15 is 0 Å². The van der Waals surface area contributed by atoms with Crippen LogP contribution in [-0.4, -0.2) is 28.6 Å². The van der Waals surface area contributed by atoms with Gasteiger partial charge in [0.15, 0.2) is 5.16 Å². The van der Waals surface area contributed by atoms with Crippen LogP contribution in [0.4, 0.5) is 5.82 Å². The fourth-order valence-electron chi connectivity index (χ4n) is 1.90. The maximum absolute atomic E-state index is 5.94. The molecule has 1 aliphatic heterocycles. The number of aliphatic imine (C=N–C) groups is 1. The highest BCUT2D eigenvalue weighted by Gasteiger charge is 2.27. The first kappa shape index (κ1) is 12.0. The van der Waals surface area contributed by atoms with Crippen molar-refractivity contribution in [2.75, 3.05) is 18.1 Å². The molecule has 2 aliphatic rings. The maximum atomic E-state index is 5.94. The zero-order valence-corrected chi connectivity index (χ0v) is 11.6. The Balaban J connectivity index is 1.74. The van der Waals surface area contributed by atoms with Crippen LogP contribution in [0.1, 0.15) is 12.8 Å². The summed E-state index contributed by atoms with van der Waals surface area (Å²) < 4.78 is 0. The third kappa shape index (κ3) is 2.67. The molecule has 0 atom stereocenters. The Morgan fingerprint density at radius 3 is 2.94 bits per heavy atom. The van der Waals surface area contributed by atoms with E-state index in [2.05, 4.69) is 26.4 Å². The molecule has 3 rings (SSSR count). The SMILES string of the molecule is CSc1nc(Cl)cc(NC2=NCC(C3CC3)=C2)n1. The van der Waals surface area contributed by atoms with E-state index in [0.29, 0.717) is 16.1 Å². The maximum Gasteiger partial charge on any atom is 0.190 e. The predicted molar refractivity (Wildman–Crippen MR) is 75.6 cm³/mol. The Morgan fingerprint density at radius 2 is 2.22 bits per heavy atom. The van der Waals surface area contributed by atoms with Gasteiger partial charge in [-0.15, -0.1) is 0 Å². The molecule has 0 unspecified atom stereocenters. The molecule has 0 spiro atoms. The summed E-state index contributed by atoms with van der Waals surface area (Å²) in [7, 11) is 0. The second-order valence-electron chi connectivity index (χ2n) is 4.38. The fourth-order valence-corrected chi connectivity index (χ4v) is 2.52. The number of aromatic nitrogens is 2. The van der Waals surface area contributed by atoms with Gasteiger partial charge in [-0.25, -0.2) is 9.97 Å². The van der Waals surface area contributed by atoms with E-state index in [-0.39, 0.29) is 0 Å². The number of halogens is 1. The van der Waals surface area contributed by atoms with Gasteiger partial charge in [0.1, 0.15) is 16.8 Å². The summed E-state index contributed by atoms with van der Waals surface area (Å²) >= 11 is 7.41. The zero-order valence-electron chi connectivity index (χ0n) is 9.98. The summed E-state index contributed by atoms with van der Waals surface area (Å²) in [5.41, 5.74) is 1.43. The van der Waals surface area contributed by atoms with Gasteiger partial charge < -0.3 is 5.32 Å². The lowest BCUT2D eigenvalue weighted by atomic mass is 10.2. The topological polar surface area (TPSA) is 50.2 Å². The van der Waals surface area contributed by atoms with Crippen molar-refractivity contribution in [2.45, 2.75) is 18.0 Å². The molecule has 1 aromatic rings. The number of nitrogens with zero attached hydrogens (tertiary/aromatic N) is 3. The van der Waals surface area contributed by atoms with Gasteiger partial charge in [-0.05, 0) is 36.7 Å². The van der Waals surface area contributed by atoms with Gasteiger partial charge in [0.2, 0.25) is 0 Å². The lowest BCUT2D eigenvalue weighted by Gasteiger charge is -2.05. The van der Waals surface area contributed by atoms with E-state index in [0.717, 1.165) is 18.3 Å². The lowest BCUT2D eigenvalue weighted by molar-refractivity contribution is 0.959. The molecule has 6 heteroatoms. The summed E-state index contributed by atoms with van der Waals surface area (Å²) in [5, 5.41) is 4.30. The molecule has 0 bridgehead atoms. The predicted octanol–water partition coefficient (Wildman–Crippen LogP) is 3.01. The van der Waals surface area contributed by atoms with Crippen LogP contribution in [0.5, 0.6) is 0 Å². The highest BCUT2D eigenvalue weighted by atomic mass is 35.5. The van der Waals surface area contributed by atoms with E-state index in [1.54, 1.807) is 6.07 Å². The Labute approximate surface area is 115 Å². The molecule has 0 aromatic carbocycles. The Hall–Kier alpha value is -1.07. The number of amidine groups is 1. The van der Waals surface area contributed by atoms with Crippen LogP contribution in [0, 0.1) is 5.92 Å². The molecule has 0 saturated heterocycles. The highest BCUT2D eigenvalue weighted by Crippen LogP contribution is 2.37. The Bertz CT molecular complexity index is 537. The largest absolute Gasteiger partial charge is 0.325 e. The summed E-state index contributed by atoms with van der Waals surface area (Å²) in [6.45, 7) is 0.821. The molecular weight excluding hydrogens is 268 g/mol. The molecule has 0 amide bonds. The fraction of sp³-hybridized carbons (Fsp3) is 0.417. The van der Waals surface area contributed by atoms with Crippen molar-refractivity contribution in [1.29, 1.82) is 0 Å². The van der Waals surface area contributed by atoms with Gasteiger partial charge in [-0.1, -0.05) is 23.4 Å². The number of nitrogens with one attached hydrogen (secondary N) is 1. The van der Waals surface area contributed by atoms with Crippen molar-refractivity contribution in [1.82, 2.24) is 9.97 Å². The first-order chi connectivity index (χ1) is 8.74. The highest BCUT2D eigenvalue weighted by molar-refractivity contribution is 7.98. The molecule has 1 saturated carbocycles. The van der Waals surface area contributed by atoms with Crippen LogP contribution in [0.2, 0.25) is 5.15 Å². The Morgan fingerprint density at radius 1 is 1.39 bits per heavy atom. The third-order valence-electron chi connectivity index (χ3n) is 2.97. The minimum absolute atomic E-state index is 0.446. The van der Waals surface area contributed by atoms with Crippen molar-refractivity contribution in [3.8, 4) is 0 Å². The molecule has 2 heterocycles. The third-order valence-corrected chi connectivity index (χ3v) is 3.71. The van der Waals surface area contributed by atoms with E-state index in [9.17, 15) is 0 Å². The van der Waals surface area contributed by atoms with Crippen LogP contribution >= 0.6 is 23.4 Å². The lowest BCUT2D eigenvalue weighted by Crippen LogP contribution is -2.09. The average molecular weight is 281 g/mol. The van der Waals surface area contributed by atoms with Crippen molar-refractivity contribution in [3.63, 3.8) is 0 Å². The number of thioether (sulfide) groups is 1. The van der Waals surface area contributed by atoms with Crippen LogP contribution in [0.3, 0.4) is 0 Å². The van der Waals surface area contributed by atoms with Crippen molar-refractivity contribution >= 4 is 35.0 Å². The van der Waals surface area contributed by atoms with Crippen LogP contribution in [0.15, 0.2) is 27.9 Å². The van der Waals surface area contributed by atoms with Crippen molar-refractivity contribution in [3.05, 3.63) is 22.9 Å². The number of hydrogen-bond acceptors (Lipinski definition) is 5. The van der Waals surface area contributed by atoms with Gasteiger partial charge in [-0.3, -0.25) is 4.99 Å². The molecule has 0 radical (unpaired) electrons. The van der Waals surface area contributed by atoms with Crippen molar-refractivity contribution < 1.29 is 0 Å². The number of hydrogen-bond donors (Lipinski definition) is 1. The first-order valence-corrected chi connectivity index (χ1v) is 7.45. The summed E-state index contributed by atoms with van der Waals surface area (Å²) in [5.74, 6) is 2.34. The second-order valence-corrected chi connectivity index (χ2v) is 5.54. The molecule has 18 heavy (non-hydrogen) atoms. The monoisotopic (exact) mass is 280 g/mol. The normalized spacial score (nSPS) is 18.6. The van der Waals surface area contributed by atoms with E-state index < -0.39 is 0 Å². The molecule has 94 valence electrons. The standard InChI is InChI=1S/C12H13ClN4S/c1-18-12-15-9(13)5-11(17-12)16-10-4-8(6-14-10)7-2-3-7/h4-5,7H,2-3,6H2,1H3,(H,14,15,16,17). The molecule has 1 aliphatic carbocycles. The van der Waals surface area contributed by atoms with E-state index in [1.807, 2.05) is 6.26 Å². The molecule has 1 aromatic heterocycles. The molecular formula is C12H13ClN4S. The quantitative estimate of drug-likeness (QED) is 0.525. The smallest absolute Gasteiger partial charge is 0.190 e. The number of rotatable bonds is 3. The first-order valence-electron chi connectivity index (χ1n) is 5.85. The van der Waals surface area contributed by atoms with Gasteiger partial charge in [0.25, 0.3) is 0 Å². The average Bonchev–Trinajstić information content (AvgIpc) is 3.10. The van der Waals surface area contributed by atoms with E-state index in [4.69, 9.17) is 11.6 Å².